The van der Waals surface area contributed by atoms with Crippen molar-refractivity contribution in [1.29, 1.82) is 0 Å². The van der Waals surface area contributed by atoms with Crippen molar-refractivity contribution in [3.8, 4) is 5.75 Å². The van der Waals surface area contributed by atoms with Gasteiger partial charge in [0.25, 0.3) is 0 Å². The molecular formula is C16H19NO4. The maximum atomic E-state index is 12.5. The normalized spacial score (nSPS) is 20.3. The van der Waals surface area contributed by atoms with Gasteiger partial charge >= 0.3 is 5.97 Å². The fourth-order valence-corrected chi connectivity index (χ4v) is 2.91. The van der Waals surface area contributed by atoms with Crippen LogP contribution in [0.3, 0.4) is 0 Å². The van der Waals surface area contributed by atoms with Crippen molar-refractivity contribution in [2.75, 3.05) is 13.2 Å². The second-order valence-electron chi connectivity index (χ2n) is 5.72. The van der Waals surface area contributed by atoms with Crippen molar-refractivity contribution in [3.05, 3.63) is 29.8 Å². The van der Waals surface area contributed by atoms with E-state index in [1.165, 1.54) is 4.90 Å². The van der Waals surface area contributed by atoms with Crippen LogP contribution in [0.4, 0.5) is 0 Å². The Morgan fingerprint density at radius 3 is 2.71 bits per heavy atom. The third-order valence-electron chi connectivity index (χ3n) is 4.12. The minimum Gasteiger partial charge on any atom is -0.493 e. The molecule has 0 aromatic heterocycles. The number of nitrogens with zero attached hydrogens (tertiary/aromatic N) is 1. The summed E-state index contributed by atoms with van der Waals surface area (Å²) in [5.41, 5.74) is 1.06. The topological polar surface area (TPSA) is 66.8 Å². The molecule has 1 atom stereocenters. The Morgan fingerprint density at radius 2 is 2.00 bits per heavy atom. The monoisotopic (exact) mass is 289 g/mol. The van der Waals surface area contributed by atoms with E-state index >= 15 is 0 Å². The van der Waals surface area contributed by atoms with E-state index in [9.17, 15) is 9.59 Å². The first-order chi connectivity index (χ1) is 10.1. The van der Waals surface area contributed by atoms with Crippen LogP contribution in [0.5, 0.6) is 5.75 Å². The Kier molecular flexibility index (Phi) is 3.82. The SMILES string of the molecule is O=C(O)CN(C(=O)C[C@H]1CCOc2ccccc21)C1CC1. The molecule has 1 aliphatic heterocycles. The lowest BCUT2D eigenvalue weighted by molar-refractivity contribution is -0.145. The molecule has 1 amide bonds. The van der Waals surface area contributed by atoms with E-state index in [4.69, 9.17) is 9.84 Å². The molecular weight excluding hydrogens is 270 g/mol. The largest absolute Gasteiger partial charge is 0.493 e. The zero-order valence-electron chi connectivity index (χ0n) is 11.8. The molecule has 0 spiro atoms. The van der Waals surface area contributed by atoms with Gasteiger partial charge < -0.3 is 14.7 Å². The van der Waals surface area contributed by atoms with E-state index in [2.05, 4.69) is 0 Å². The molecule has 0 unspecified atom stereocenters. The number of fused-ring (bicyclic) bond motifs is 1. The Morgan fingerprint density at radius 1 is 1.24 bits per heavy atom. The van der Waals surface area contributed by atoms with Crippen molar-refractivity contribution in [2.24, 2.45) is 0 Å². The Bertz CT molecular complexity index is 553. The standard InChI is InChI=1S/C16H19NO4/c18-15(17(10-16(19)20)12-5-6-12)9-11-7-8-21-14-4-2-1-3-13(11)14/h1-4,11-12H,5-10H2,(H,19,20)/t11-/m1/s1. The van der Waals surface area contributed by atoms with E-state index in [1.54, 1.807) is 0 Å². The first-order valence-corrected chi connectivity index (χ1v) is 7.38. The third-order valence-corrected chi connectivity index (χ3v) is 4.12. The predicted octanol–water partition coefficient (Wildman–Crippen LogP) is 2.02. The minimum absolute atomic E-state index is 0.0541. The van der Waals surface area contributed by atoms with Crippen molar-refractivity contribution < 1.29 is 19.4 Å². The van der Waals surface area contributed by atoms with Gasteiger partial charge in [-0.3, -0.25) is 9.59 Å². The number of rotatable bonds is 5. The molecule has 1 aromatic carbocycles. The summed E-state index contributed by atoms with van der Waals surface area (Å²) in [4.78, 5) is 24.9. The molecule has 2 aliphatic rings. The maximum Gasteiger partial charge on any atom is 0.323 e. The summed E-state index contributed by atoms with van der Waals surface area (Å²) in [7, 11) is 0. The highest BCUT2D eigenvalue weighted by molar-refractivity contribution is 5.82. The van der Waals surface area contributed by atoms with Crippen LogP contribution < -0.4 is 4.74 Å². The van der Waals surface area contributed by atoms with E-state index in [1.807, 2.05) is 24.3 Å². The number of carbonyl (C=O) groups is 2. The van der Waals surface area contributed by atoms with Crippen molar-refractivity contribution in [2.45, 2.75) is 37.6 Å². The van der Waals surface area contributed by atoms with Gasteiger partial charge in [-0.15, -0.1) is 0 Å². The van der Waals surface area contributed by atoms with E-state index < -0.39 is 5.97 Å². The van der Waals surface area contributed by atoms with E-state index in [0.717, 1.165) is 30.6 Å². The van der Waals surface area contributed by atoms with Crippen LogP contribution in [-0.2, 0) is 9.59 Å². The highest BCUT2D eigenvalue weighted by Gasteiger charge is 2.35. The van der Waals surface area contributed by atoms with Crippen LogP contribution >= 0.6 is 0 Å². The molecule has 5 heteroatoms. The number of aliphatic carboxylic acids is 1. The number of para-hydroxylation sites is 1. The highest BCUT2D eigenvalue weighted by atomic mass is 16.5. The first kappa shape index (κ1) is 13.9. The number of hydrogen-bond donors (Lipinski definition) is 1. The summed E-state index contributed by atoms with van der Waals surface area (Å²) in [6.45, 7) is 0.422. The van der Waals surface area contributed by atoms with Crippen LogP contribution in [-0.4, -0.2) is 41.1 Å². The quantitative estimate of drug-likeness (QED) is 0.900. The third kappa shape index (κ3) is 3.17. The van der Waals surface area contributed by atoms with Crippen molar-refractivity contribution in [1.82, 2.24) is 4.90 Å². The molecule has 0 bridgehead atoms. The minimum atomic E-state index is -0.942. The highest BCUT2D eigenvalue weighted by Crippen LogP contribution is 2.37. The second-order valence-corrected chi connectivity index (χ2v) is 5.72. The molecule has 0 radical (unpaired) electrons. The summed E-state index contributed by atoms with van der Waals surface area (Å²) in [5, 5.41) is 8.96. The summed E-state index contributed by atoms with van der Waals surface area (Å²) in [6.07, 6.45) is 3.01. The molecule has 0 saturated heterocycles. The maximum absolute atomic E-state index is 12.5. The van der Waals surface area contributed by atoms with Gasteiger partial charge in [0.2, 0.25) is 5.91 Å². The average molecular weight is 289 g/mol. The van der Waals surface area contributed by atoms with Crippen LogP contribution in [0.15, 0.2) is 24.3 Å². The smallest absolute Gasteiger partial charge is 0.323 e. The van der Waals surface area contributed by atoms with Gasteiger partial charge in [0, 0.05) is 12.5 Å². The zero-order chi connectivity index (χ0) is 14.8. The molecule has 1 saturated carbocycles. The Balaban J connectivity index is 1.71. The molecule has 3 rings (SSSR count). The lowest BCUT2D eigenvalue weighted by Crippen LogP contribution is -2.38. The second kappa shape index (κ2) is 5.76. The summed E-state index contributed by atoms with van der Waals surface area (Å²) >= 11 is 0. The Labute approximate surface area is 123 Å². The number of carbonyl (C=O) groups excluding carboxylic acids is 1. The lowest BCUT2D eigenvalue weighted by atomic mass is 9.90. The van der Waals surface area contributed by atoms with E-state index in [0.29, 0.717) is 13.0 Å². The van der Waals surface area contributed by atoms with E-state index in [-0.39, 0.29) is 24.4 Å². The predicted molar refractivity (Wildman–Crippen MR) is 76.3 cm³/mol. The molecule has 5 nitrogen and oxygen atoms in total. The molecule has 1 aromatic rings. The van der Waals surface area contributed by atoms with Gasteiger partial charge in [-0.2, -0.15) is 0 Å². The van der Waals surface area contributed by atoms with Gasteiger partial charge in [0.1, 0.15) is 12.3 Å². The number of amides is 1. The first-order valence-electron chi connectivity index (χ1n) is 7.38. The van der Waals surface area contributed by atoms with Crippen LogP contribution in [0.1, 0.15) is 37.2 Å². The number of hydrogen-bond acceptors (Lipinski definition) is 3. The number of carboxylic acid groups (broad SMARTS) is 1. The van der Waals surface area contributed by atoms with Gasteiger partial charge in [-0.05, 0) is 36.8 Å². The summed E-state index contributed by atoms with van der Waals surface area (Å²) in [6, 6.07) is 7.90. The average Bonchev–Trinajstić information content (AvgIpc) is 3.29. The molecule has 1 N–H and O–H groups in total. The number of carboxylic acids is 1. The van der Waals surface area contributed by atoms with Gasteiger partial charge in [-0.25, -0.2) is 0 Å². The van der Waals surface area contributed by atoms with Gasteiger partial charge in [-0.1, -0.05) is 18.2 Å². The van der Waals surface area contributed by atoms with Crippen LogP contribution in [0, 0.1) is 0 Å². The molecule has 1 aliphatic carbocycles. The van der Waals surface area contributed by atoms with Crippen molar-refractivity contribution >= 4 is 11.9 Å². The van der Waals surface area contributed by atoms with Gasteiger partial charge in [0.05, 0.1) is 6.61 Å². The molecule has 21 heavy (non-hydrogen) atoms. The Hall–Kier alpha value is -2.04. The fourth-order valence-electron chi connectivity index (χ4n) is 2.91. The number of ether oxygens (including phenoxy) is 1. The van der Waals surface area contributed by atoms with Crippen LogP contribution in [0.2, 0.25) is 0 Å². The van der Waals surface area contributed by atoms with Gasteiger partial charge in [0.15, 0.2) is 0 Å². The van der Waals surface area contributed by atoms with Crippen molar-refractivity contribution in [3.63, 3.8) is 0 Å². The number of benzene rings is 1. The summed E-state index contributed by atoms with van der Waals surface area (Å²) in [5.74, 6) is -0.0283. The molecule has 1 fully saturated rings. The molecule has 112 valence electrons. The summed E-state index contributed by atoms with van der Waals surface area (Å²) < 4.78 is 5.60. The zero-order valence-corrected chi connectivity index (χ0v) is 11.8. The molecule has 1 heterocycles. The lowest BCUT2D eigenvalue weighted by Gasteiger charge is -2.28. The fraction of sp³-hybridized carbons (Fsp3) is 0.500. The van der Waals surface area contributed by atoms with Crippen LogP contribution in [0.25, 0.3) is 0 Å².